The van der Waals surface area contributed by atoms with Crippen LogP contribution in [0.5, 0.6) is 0 Å². The van der Waals surface area contributed by atoms with Crippen molar-refractivity contribution >= 4 is 40.9 Å². The second kappa shape index (κ2) is 7.54. The van der Waals surface area contributed by atoms with Crippen LogP contribution in [0.15, 0.2) is 29.7 Å². The number of aromatic nitrogens is 2. The van der Waals surface area contributed by atoms with Crippen LogP contribution >= 0.6 is 35.1 Å². The van der Waals surface area contributed by atoms with Gasteiger partial charge in [0.05, 0.1) is 0 Å². The molecular weight excluding hydrogens is 511 g/mol. The van der Waals surface area contributed by atoms with Crippen LogP contribution in [0.1, 0.15) is 6.23 Å². The van der Waals surface area contributed by atoms with Gasteiger partial charge in [-0.15, -0.1) is 18.2 Å². The second-order valence-electron chi connectivity index (χ2n) is 6.35. The number of nitrogen functional groups attached to an aromatic ring is 1. The van der Waals surface area contributed by atoms with E-state index in [2.05, 4.69) is 24.7 Å². The third-order valence-electron chi connectivity index (χ3n) is 4.40. The molecular formula is C11H15ClN3O13P3. The average Bonchev–Trinajstić information content (AvgIpc) is 2.95. The number of hydrogen-bond donors (Lipinski definition) is 6. The molecule has 174 valence electrons. The lowest BCUT2D eigenvalue weighted by Crippen LogP contribution is -2.38. The lowest BCUT2D eigenvalue weighted by Gasteiger charge is -2.25. The van der Waals surface area contributed by atoms with Gasteiger partial charge in [-0.25, -0.2) is 18.5 Å². The Labute approximate surface area is 177 Å². The van der Waals surface area contributed by atoms with E-state index in [1.54, 1.807) is 0 Å². The molecule has 1 aromatic rings. The number of aliphatic hydroxyl groups is 1. The molecule has 0 spiro atoms. The molecule has 0 radical (unpaired) electrons. The van der Waals surface area contributed by atoms with Gasteiger partial charge in [-0.05, 0) is 6.07 Å². The summed E-state index contributed by atoms with van der Waals surface area (Å²) in [6, 6.07) is 1.24. The van der Waals surface area contributed by atoms with Crippen molar-refractivity contribution in [2.75, 3.05) is 5.73 Å². The van der Waals surface area contributed by atoms with Gasteiger partial charge in [0.2, 0.25) is 0 Å². The molecule has 7 atom stereocenters. The zero-order valence-electron chi connectivity index (χ0n) is 14.9. The van der Waals surface area contributed by atoms with Gasteiger partial charge in [0.15, 0.2) is 17.4 Å². The van der Waals surface area contributed by atoms with E-state index in [9.17, 15) is 33.4 Å². The van der Waals surface area contributed by atoms with Crippen LogP contribution in [0.3, 0.4) is 0 Å². The van der Waals surface area contributed by atoms with E-state index in [0.717, 1.165) is 10.6 Å². The fraction of sp³-hybridized carbons (Fsp3) is 0.455. The molecule has 2 aliphatic rings. The minimum absolute atomic E-state index is 0.0989. The Hall–Kier alpha value is -0.960. The zero-order valence-corrected chi connectivity index (χ0v) is 18.3. The number of halogens is 1. The Kier molecular flexibility index (Phi) is 6.00. The molecule has 1 saturated heterocycles. The standard InChI is InChI=1S/C11H15ClN3O13P3/c1-2-10-8(26-30(21,22)28-31(23,24)27-29(18,19)20)11(10,17)6(12)7(25-10)15-4-3-5(13)14-9(15)16/h2-4,6-8,17H,1H2,(H,21,22)(H,23,24)(H2,13,14,16)(H2,18,19,20)/t6-,7+,8?,10+,11+/m0/s1. The maximum absolute atomic E-state index is 12.1. The van der Waals surface area contributed by atoms with E-state index < -0.39 is 58.1 Å². The highest BCUT2D eigenvalue weighted by atomic mass is 35.5. The summed E-state index contributed by atoms with van der Waals surface area (Å²) in [5.74, 6) is -0.0989. The Balaban J connectivity index is 1.82. The summed E-state index contributed by atoms with van der Waals surface area (Å²) in [4.78, 5) is 51.5. The maximum Gasteiger partial charge on any atom is 0.490 e. The first kappa shape index (κ1) is 24.7. The summed E-state index contributed by atoms with van der Waals surface area (Å²) in [5, 5.41) is 9.38. The van der Waals surface area contributed by atoms with E-state index in [4.69, 9.17) is 31.9 Å². The van der Waals surface area contributed by atoms with Crippen LogP contribution in [-0.4, -0.2) is 56.9 Å². The summed E-state index contributed by atoms with van der Waals surface area (Å²) >= 11 is 6.20. The Morgan fingerprint density at radius 2 is 1.87 bits per heavy atom. The first-order chi connectivity index (χ1) is 14.0. The number of rotatable bonds is 8. The van der Waals surface area contributed by atoms with Crippen molar-refractivity contribution in [3.63, 3.8) is 0 Å². The van der Waals surface area contributed by atoms with Gasteiger partial charge in [0, 0.05) is 6.20 Å². The van der Waals surface area contributed by atoms with Crippen LogP contribution in [0, 0.1) is 0 Å². The first-order valence-corrected chi connectivity index (χ1v) is 12.8. The fourth-order valence-electron chi connectivity index (χ4n) is 3.16. The van der Waals surface area contributed by atoms with Gasteiger partial charge in [0.25, 0.3) is 0 Å². The van der Waals surface area contributed by atoms with Crippen molar-refractivity contribution in [2.45, 2.75) is 28.9 Å². The average molecular weight is 526 g/mol. The molecule has 3 unspecified atom stereocenters. The van der Waals surface area contributed by atoms with Gasteiger partial charge < -0.3 is 35.2 Å². The monoisotopic (exact) mass is 525 g/mol. The van der Waals surface area contributed by atoms with Crippen LogP contribution in [0.4, 0.5) is 5.82 Å². The quantitative estimate of drug-likeness (QED) is 0.140. The summed E-state index contributed by atoms with van der Waals surface area (Å²) in [6.07, 6.45) is -1.04. The molecule has 2 fully saturated rings. The van der Waals surface area contributed by atoms with E-state index in [1.165, 1.54) is 12.3 Å². The Morgan fingerprint density at radius 1 is 1.26 bits per heavy atom. The summed E-state index contributed by atoms with van der Waals surface area (Å²) in [6.45, 7) is 3.41. The van der Waals surface area contributed by atoms with Crippen molar-refractivity contribution in [1.29, 1.82) is 0 Å². The normalized spacial score (nSPS) is 36.3. The number of nitrogens with two attached hydrogens (primary N) is 1. The van der Waals surface area contributed by atoms with Crippen LogP contribution in [0.25, 0.3) is 0 Å². The minimum atomic E-state index is -5.78. The van der Waals surface area contributed by atoms with Gasteiger partial charge in [-0.2, -0.15) is 13.6 Å². The molecule has 16 nitrogen and oxygen atoms in total. The molecule has 7 N–H and O–H groups in total. The summed E-state index contributed by atoms with van der Waals surface area (Å²) < 4.78 is 52.5. The molecule has 0 amide bonds. The van der Waals surface area contributed by atoms with Crippen molar-refractivity contribution in [2.24, 2.45) is 0 Å². The molecule has 0 aromatic carbocycles. The minimum Gasteiger partial charge on any atom is -0.383 e. The lowest BCUT2D eigenvalue weighted by molar-refractivity contribution is -0.0434. The second-order valence-corrected chi connectivity index (χ2v) is 11.2. The Bertz CT molecular complexity index is 1120. The van der Waals surface area contributed by atoms with E-state index in [-0.39, 0.29) is 5.82 Å². The molecule has 1 aliphatic carbocycles. The molecule has 2 heterocycles. The molecule has 1 saturated carbocycles. The van der Waals surface area contributed by atoms with Crippen molar-refractivity contribution in [1.82, 2.24) is 9.55 Å². The third kappa shape index (κ3) is 4.33. The molecule has 31 heavy (non-hydrogen) atoms. The molecule has 1 aromatic heterocycles. The number of phosphoric ester groups is 1. The van der Waals surface area contributed by atoms with Gasteiger partial charge in [-0.3, -0.25) is 9.09 Å². The Morgan fingerprint density at radius 3 is 2.35 bits per heavy atom. The predicted molar refractivity (Wildman–Crippen MR) is 99.3 cm³/mol. The predicted octanol–water partition coefficient (Wildman–Crippen LogP) is -0.657. The molecule has 3 rings (SSSR count). The van der Waals surface area contributed by atoms with Crippen molar-refractivity contribution < 1.29 is 56.3 Å². The fourth-order valence-corrected chi connectivity index (χ4v) is 6.86. The summed E-state index contributed by atoms with van der Waals surface area (Å²) in [5.41, 5.74) is 0.251. The third-order valence-corrected chi connectivity index (χ3v) is 8.75. The number of ether oxygens (including phenoxy) is 1. The van der Waals surface area contributed by atoms with Gasteiger partial charge in [-0.1, -0.05) is 6.08 Å². The van der Waals surface area contributed by atoms with E-state index in [1.807, 2.05) is 0 Å². The number of alkyl halides is 1. The zero-order chi connectivity index (χ0) is 23.6. The van der Waals surface area contributed by atoms with Crippen molar-refractivity contribution in [3.05, 3.63) is 35.4 Å². The smallest absolute Gasteiger partial charge is 0.383 e. The highest BCUT2D eigenvalue weighted by molar-refractivity contribution is 7.66. The number of fused-ring (bicyclic) bond motifs is 1. The molecule has 0 bridgehead atoms. The van der Waals surface area contributed by atoms with Crippen LogP contribution in [-0.2, 0) is 31.6 Å². The molecule has 1 aliphatic heterocycles. The van der Waals surface area contributed by atoms with E-state index >= 15 is 0 Å². The number of hydrogen-bond acceptors (Lipinski definition) is 11. The number of nitrogens with zero attached hydrogens (tertiary/aromatic N) is 2. The SMILES string of the molecule is C=C[C@]12O[C@@H](n3ccc(N)nc3=O)[C@H](Cl)[C@@]1(O)C2OP(=O)(O)OP(=O)(O)OP(=O)(O)O. The van der Waals surface area contributed by atoms with E-state index in [0.29, 0.717) is 0 Å². The largest absolute Gasteiger partial charge is 0.490 e. The first-order valence-electron chi connectivity index (χ1n) is 7.83. The topological polar surface area (TPSA) is 250 Å². The lowest BCUT2D eigenvalue weighted by atomic mass is 10.1. The van der Waals surface area contributed by atoms with Gasteiger partial charge >= 0.3 is 29.2 Å². The molecule has 20 heteroatoms. The summed E-state index contributed by atoms with van der Waals surface area (Å²) in [7, 11) is -17.0. The van der Waals surface area contributed by atoms with Gasteiger partial charge in [0.1, 0.15) is 17.3 Å². The maximum atomic E-state index is 12.1. The highest BCUT2D eigenvalue weighted by Crippen LogP contribution is 2.72. The highest BCUT2D eigenvalue weighted by Gasteiger charge is 2.88. The van der Waals surface area contributed by atoms with Crippen LogP contribution < -0.4 is 11.4 Å². The number of anilines is 1. The van der Waals surface area contributed by atoms with Crippen molar-refractivity contribution in [3.8, 4) is 0 Å². The number of phosphoric acid groups is 3. The van der Waals surface area contributed by atoms with Crippen LogP contribution in [0.2, 0.25) is 0 Å².